The van der Waals surface area contributed by atoms with Crippen LogP contribution in [-0.4, -0.2) is 5.91 Å². The van der Waals surface area contributed by atoms with Crippen molar-refractivity contribution in [1.29, 1.82) is 5.26 Å². The van der Waals surface area contributed by atoms with Gasteiger partial charge in [0.05, 0.1) is 17.4 Å². The summed E-state index contributed by atoms with van der Waals surface area (Å²) in [6.07, 6.45) is 0.742. The van der Waals surface area contributed by atoms with E-state index >= 15 is 0 Å². The molecule has 2 rings (SSSR count). The standard InChI is InChI=1S/C16H20N2O/c1-10(2)12(9-17)7-11-5-6-14-13(8-11)16(3,4)15(19)18-14/h5-6,8,10,12H,7H2,1-4H3,(H,18,19). The molecule has 0 fully saturated rings. The molecule has 100 valence electrons. The molecule has 0 spiro atoms. The van der Waals surface area contributed by atoms with E-state index in [-0.39, 0.29) is 11.8 Å². The summed E-state index contributed by atoms with van der Waals surface area (Å²) in [5.41, 5.74) is 2.58. The Morgan fingerprint density at radius 1 is 1.37 bits per heavy atom. The van der Waals surface area contributed by atoms with Crippen LogP contribution in [0.3, 0.4) is 0 Å². The minimum Gasteiger partial charge on any atom is -0.325 e. The lowest BCUT2D eigenvalue weighted by atomic mass is 9.83. The van der Waals surface area contributed by atoms with E-state index in [4.69, 9.17) is 0 Å². The van der Waals surface area contributed by atoms with Gasteiger partial charge in [0.15, 0.2) is 0 Å². The van der Waals surface area contributed by atoms with Gasteiger partial charge < -0.3 is 5.32 Å². The Morgan fingerprint density at radius 3 is 2.63 bits per heavy atom. The van der Waals surface area contributed by atoms with E-state index in [1.807, 2.05) is 26.0 Å². The molecule has 0 radical (unpaired) electrons. The molecule has 19 heavy (non-hydrogen) atoms. The number of benzene rings is 1. The van der Waals surface area contributed by atoms with Gasteiger partial charge in [-0.2, -0.15) is 5.26 Å². The molecule has 1 atom stereocenters. The molecule has 0 aliphatic carbocycles. The van der Waals surface area contributed by atoms with Crippen LogP contribution >= 0.6 is 0 Å². The highest BCUT2D eigenvalue weighted by Gasteiger charge is 2.38. The Morgan fingerprint density at radius 2 is 2.05 bits per heavy atom. The molecule has 1 amide bonds. The zero-order valence-electron chi connectivity index (χ0n) is 11.9. The number of hydrogen-bond donors (Lipinski definition) is 1. The van der Waals surface area contributed by atoms with E-state index in [1.54, 1.807) is 0 Å². The number of rotatable bonds is 3. The van der Waals surface area contributed by atoms with E-state index < -0.39 is 5.41 Å². The maximum atomic E-state index is 11.9. The molecule has 0 saturated carbocycles. The Kier molecular flexibility index (Phi) is 3.36. The molecule has 1 aromatic carbocycles. The Bertz CT molecular complexity index is 552. The van der Waals surface area contributed by atoms with Crippen molar-refractivity contribution in [3.8, 4) is 6.07 Å². The summed E-state index contributed by atoms with van der Waals surface area (Å²) in [7, 11) is 0. The number of fused-ring (bicyclic) bond motifs is 1. The van der Waals surface area contributed by atoms with Crippen molar-refractivity contribution in [3.05, 3.63) is 29.3 Å². The van der Waals surface area contributed by atoms with Crippen molar-refractivity contribution < 1.29 is 4.79 Å². The number of amides is 1. The van der Waals surface area contributed by atoms with Gasteiger partial charge in [0.2, 0.25) is 5.91 Å². The quantitative estimate of drug-likeness (QED) is 0.902. The zero-order valence-corrected chi connectivity index (χ0v) is 11.9. The number of carbonyl (C=O) groups excluding carboxylic acids is 1. The number of hydrogen-bond acceptors (Lipinski definition) is 2. The van der Waals surface area contributed by atoms with Crippen molar-refractivity contribution in [2.24, 2.45) is 11.8 Å². The number of anilines is 1. The van der Waals surface area contributed by atoms with Crippen LogP contribution in [0.25, 0.3) is 0 Å². The van der Waals surface area contributed by atoms with E-state index in [0.29, 0.717) is 5.92 Å². The van der Waals surface area contributed by atoms with E-state index in [9.17, 15) is 10.1 Å². The van der Waals surface area contributed by atoms with Crippen molar-refractivity contribution in [2.75, 3.05) is 5.32 Å². The average Bonchev–Trinajstić information content (AvgIpc) is 2.57. The van der Waals surface area contributed by atoms with Crippen molar-refractivity contribution >= 4 is 11.6 Å². The van der Waals surface area contributed by atoms with Gasteiger partial charge >= 0.3 is 0 Å². The fourth-order valence-electron chi connectivity index (χ4n) is 2.43. The predicted octanol–water partition coefficient (Wildman–Crippen LogP) is 3.25. The molecule has 3 nitrogen and oxygen atoms in total. The van der Waals surface area contributed by atoms with Crippen molar-refractivity contribution in [3.63, 3.8) is 0 Å². The summed E-state index contributed by atoms with van der Waals surface area (Å²) < 4.78 is 0. The van der Waals surface area contributed by atoms with E-state index in [1.165, 1.54) is 0 Å². The minimum atomic E-state index is -0.481. The molecule has 1 heterocycles. The van der Waals surface area contributed by atoms with Gasteiger partial charge in [0, 0.05) is 5.69 Å². The minimum absolute atomic E-state index is 0.0197. The lowest BCUT2D eigenvalue weighted by Gasteiger charge is -2.17. The summed E-state index contributed by atoms with van der Waals surface area (Å²) in [5.74, 6) is 0.401. The van der Waals surface area contributed by atoms with Gasteiger partial charge in [0.1, 0.15) is 0 Å². The summed E-state index contributed by atoms with van der Waals surface area (Å²) in [6.45, 7) is 8.00. The second-order valence-corrected chi connectivity index (χ2v) is 6.14. The van der Waals surface area contributed by atoms with Crippen LogP contribution in [0, 0.1) is 23.2 Å². The van der Waals surface area contributed by atoms with Gasteiger partial charge in [-0.3, -0.25) is 4.79 Å². The molecule has 1 aliphatic rings. The monoisotopic (exact) mass is 256 g/mol. The molecule has 1 N–H and O–H groups in total. The van der Waals surface area contributed by atoms with Crippen molar-refractivity contribution in [1.82, 2.24) is 0 Å². The normalized spacial score (nSPS) is 17.8. The summed E-state index contributed by atoms with van der Waals surface area (Å²) in [6, 6.07) is 8.39. The van der Waals surface area contributed by atoms with E-state index in [0.717, 1.165) is 23.2 Å². The third kappa shape index (κ3) is 2.35. The van der Waals surface area contributed by atoms with E-state index in [2.05, 4.69) is 31.3 Å². The first-order valence-electron chi connectivity index (χ1n) is 6.70. The molecule has 1 aromatic rings. The molecule has 1 unspecified atom stereocenters. The highest BCUT2D eigenvalue weighted by molar-refractivity contribution is 6.05. The molecule has 0 aromatic heterocycles. The molecular weight excluding hydrogens is 236 g/mol. The first kappa shape index (κ1) is 13.6. The zero-order chi connectivity index (χ0) is 14.2. The summed E-state index contributed by atoms with van der Waals surface area (Å²) in [5, 5.41) is 12.1. The van der Waals surface area contributed by atoms with Crippen LogP contribution in [0.4, 0.5) is 5.69 Å². The van der Waals surface area contributed by atoms with Gasteiger partial charge in [-0.05, 0) is 43.4 Å². The molecule has 0 bridgehead atoms. The third-order valence-electron chi connectivity index (χ3n) is 4.00. The van der Waals surface area contributed by atoms with Crippen LogP contribution < -0.4 is 5.32 Å². The first-order chi connectivity index (χ1) is 8.86. The van der Waals surface area contributed by atoms with Crippen LogP contribution in [0.1, 0.15) is 38.8 Å². The fraction of sp³-hybridized carbons (Fsp3) is 0.500. The van der Waals surface area contributed by atoms with Crippen LogP contribution in [0.15, 0.2) is 18.2 Å². The Balaban J connectivity index is 2.31. The van der Waals surface area contributed by atoms with Gasteiger partial charge in [0.25, 0.3) is 0 Å². The highest BCUT2D eigenvalue weighted by atomic mass is 16.2. The topological polar surface area (TPSA) is 52.9 Å². The SMILES string of the molecule is CC(C)C(C#N)Cc1ccc2c(c1)C(C)(C)C(=O)N2. The Hall–Kier alpha value is -1.82. The van der Waals surface area contributed by atoms with Crippen LogP contribution in [-0.2, 0) is 16.6 Å². The molecule has 0 saturated heterocycles. The summed E-state index contributed by atoms with van der Waals surface area (Å²) in [4.78, 5) is 11.9. The van der Waals surface area contributed by atoms with Crippen molar-refractivity contribution in [2.45, 2.75) is 39.5 Å². The Labute approximate surface area is 114 Å². The lowest BCUT2D eigenvalue weighted by Crippen LogP contribution is -2.26. The number of nitriles is 1. The predicted molar refractivity (Wildman–Crippen MR) is 75.7 cm³/mol. The molecular formula is C16H20N2O. The maximum absolute atomic E-state index is 11.9. The van der Waals surface area contributed by atoms with Crippen LogP contribution in [0.2, 0.25) is 0 Å². The third-order valence-corrected chi connectivity index (χ3v) is 4.00. The second kappa shape index (κ2) is 4.70. The van der Waals surface area contributed by atoms with Gasteiger partial charge in [-0.15, -0.1) is 0 Å². The smallest absolute Gasteiger partial charge is 0.234 e. The van der Waals surface area contributed by atoms with Gasteiger partial charge in [-0.25, -0.2) is 0 Å². The fourth-order valence-corrected chi connectivity index (χ4v) is 2.43. The lowest BCUT2D eigenvalue weighted by molar-refractivity contribution is -0.119. The summed E-state index contributed by atoms with van der Waals surface area (Å²) >= 11 is 0. The molecule has 3 heteroatoms. The maximum Gasteiger partial charge on any atom is 0.234 e. The number of nitrogens with one attached hydrogen (secondary N) is 1. The molecule has 1 aliphatic heterocycles. The first-order valence-corrected chi connectivity index (χ1v) is 6.70. The highest BCUT2D eigenvalue weighted by Crippen LogP contribution is 2.38. The largest absolute Gasteiger partial charge is 0.325 e. The van der Waals surface area contributed by atoms with Gasteiger partial charge in [-0.1, -0.05) is 26.0 Å². The number of carbonyl (C=O) groups is 1. The average molecular weight is 256 g/mol. The second-order valence-electron chi connectivity index (χ2n) is 6.14. The van der Waals surface area contributed by atoms with Crippen LogP contribution in [0.5, 0.6) is 0 Å². The number of nitrogens with zero attached hydrogens (tertiary/aromatic N) is 1.